The lowest BCUT2D eigenvalue weighted by molar-refractivity contribution is -0.186. The number of hydrogen-bond donors (Lipinski definition) is 1. The Balaban J connectivity index is 1.50. The van der Waals surface area contributed by atoms with Crippen molar-refractivity contribution in [1.29, 1.82) is 0 Å². The Hall–Kier alpha value is -1.10. The Morgan fingerprint density at radius 1 is 1.09 bits per heavy atom. The van der Waals surface area contributed by atoms with Gasteiger partial charge in [-0.15, -0.1) is 0 Å². The molecule has 1 N–H and O–H groups in total. The summed E-state index contributed by atoms with van der Waals surface area (Å²) in [6.07, 6.45) is 9.86. The van der Waals surface area contributed by atoms with E-state index in [4.69, 9.17) is 9.47 Å². The van der Waals surface area contributed by atoms with Crippen molar-refractivity contribution in [2.24, 2.45) is 46.3 Å². The van der Waals surface area contributed by atoms with Crippen molar-refractivity contribution in [1.82, 2.24) is 0 Å². The third-order valence-corrected chi connectivity index (χ3v) is 10.7. The molecule has 0 aromatic rings. The molecule has 0 aromatic carbocycles. The van der Waals surface area contributed by atoms with E-state index in [1.54, 1.807) is 0 Å². The summed E-state index contributed by atoms with van der Waals surface area (Å²) in [5.74, 6) is 2.92. The average Bonchev–Trinajstić information content (AvgIpc) is 3.07. The molecular formula is C27H44O5. The van der Waals surface area contributed by atoms with Gasteiger partial charge in [0.1, 0.15) is 6.10 Å². The second-order valence-electron chi connectivity index (χ2n) is 12.1. The summed E-state index contributed by atoms with van der Waals surface area (Å²) in [5.41, 5.74) is 0.309. The van der Waals surface area contributed by atoms with Gasteiger partial charge >= 0.3 is 11.9 Å². The molecule has 5 nitrogen and oxygen atoms in total. The van der Waals surface area contributed by atoms with Crippen LogP contribution in [0.1, 0.15) is 91.9 Å². The van der Waals surface area contributed by atoms with Crippen LogP contribution in [0.5, 0.6) is 0 Å². The number of rotatable bonds is 5. The number of hydrogen-bond acceptors (Lipinski definition) is 5. The summed E-state index contributed by atoms with van der Waals surface area (Å²) in [4.78, 5) is 23.2. The maximum absolute atomic E-state index is 11.7. The summed E-state index contributed by atoms with van der Waals surface area (Å²) in [6.45, 7) is 8.68. The minimum Gasteiger partial charge on any atom is -0.469 e. The fraction of sp³-hybridized carbons (Fsp3) is 0.926. The third kappa shape index (κ3) is 4.01. The van der Waals surface area contributed by atoms with E-state index in [-0.39, 0.29) is 35.0 Å². The number of aliphatic hydroxyl groups excluding tert-OH is 1. The van der Waals surface area contributed by atoms with Crippen molar-refractivity contribution in [2.75, 3.05) is 7.11 Å². The van der Waals surface area contributed by atoms with Crippen LogP contribution in [0.2, 0.25) is 0 Å². The highest BCUT2D eigenvalue weighted by Crippen LogP contribution is 2.68. The smallest absolute Gasteiger partial charge is 0.305 e. The number of esters is 2. The van der Waals surface area contributed by atoms with Gasteiger partial charge < -0.3 is 14.6 Å². The predicted molar refractivity (Wildman–Crippen MR) is 123 cm³/mol. The Kier molecular flexibility index (Phi) is 6.70. The normalized spacial score (nSPS) is 46.4. The van der Waals surface area contributed by atoms with Gasteiger partial charge in [0.25, 0.3) is 0 Å². The van der Waals surface area contributed by atoms with Crippen molar-refractivity contribution in [2.45, 2.75) is 104 Å². The van der Waals surface area contributed by atoms with Crippen LogP contribution < -0.4 is 0 Å². The van der Waals surface area contributed by atoms with E-state index >= 15 is 0 Å². The molecule has 0 radical (unpaired) electrons. The molecule has 32 heavy (non-hydrogen) atoms. The fourth-order valence-electron chi connectivity index (χ4n) is 9.31. The topological polar surface area (TPSA) is 72.8 Å². The molecule has 0 aliphatic heterocycles. The maximum Gasteiger partial charge on any atom is 0.305 e. The van der Waals surface area contributed by atoms with Crippen LogP contribution in [0.15, 0.2) is 0 Å². The van der Waals surface area contributed by atoms with E-state index in [1.165, 1.54) is 39.7 Å². The van der Waals surface area contributed by atoms with Gasteiger partial charge in [0.2, 0.25) is 0 Å². The SMILES string of the molecule is COC(=O)CC[C@H](C)[C@H]1CC[C@H]2[C@@H]3CC[C@H]4C[C@H](OC(C)=O)CC[C@]4(C)[C@H]3[C@H](O)C[C@]12C. The molecule has 10 atom stereocenters. The zero-order valence-corrected chi connectivity index (χ0v) is 20.8. The molecule has 5 heteroatoms. The Bertz CT molecular complexity index is 721. The van der Waals surface area contributed by atoms with Crippen LogP contribution >= 0.6 is 0 Å². The number of carbonyl (C=O) groups excluding carboxylic acids is 2. The van der Waals surface area contributed by atoms with Gasteiger partial charge in [-0.25, -0.2) is 0 Å². The van der Waals surface area contributed by atoms with Crippen molar-refractivity contribution in [3.63, 3.8) is 0 Å². The highest BCUT2D eigenvalue weighted by Gasteiger charge is 2.63. The molecule has 0 amide bonds. The first-order chi connectivity index (χ1) is 15.1. The first kappa shape index (κ1) is 24.0. The summed E-state index contributed by atoms with van der Waals surface area (Å²) in [5, 5.41) is 11.6. The average molecular weight is 449 g/mol. The lowest BCUT2D eigenvalue weighted by Crippen LogP contribution is -2.59. The van der Waals surface area contributed by atoms with Gasteiger partial charge in [-0.2, -0.15) is 0 Å². The van der Waals surface area contributed by atoms with Gasteiger partial charge in [-0.3, -0.25) is 9.59 Å². The lowest BCUT2D eigenvalue weighted by Gasteiger charge is -2.62. The van der Waals surface area contributed by atoms with E-state index in [2.05, 4.69) is 20.8 Å². The zero-order chi connectivity index (χ0) is 23.3. The molecule has 182 valence electrons. The van der Waals surface area contributed by atoms with Gasteiger partial charge in [0.05, 0.1) is 13.2 Å². The van der Waals surface area contributed by atoms with Crippen LogP contribution in [-0.2, 0) is 19.1 Å². The Labute approximate surface area is 194 Å². The third-order valence-electron chi connectivity index (χ3n) is 10.7. The lowest BCUT2D eigenvalue weighted by atomic mass is 9.43. The fourth-order valence-corrected chi connectivity index (χ4v) is 9.31. The monoisotopic (exact) mass is 448 g/mol. The summed E-state index contributed by atoms with van der Waals surface area (Å²) in [6, 6.07) is 0. The first-order valence-corrected chi connectivity index (χ1v) is 13.0. The largest absolute Gasteiger partial charge is 0.469 e. The van der Waals surface area contributed by atoms with Crippen molar-refractivity contribution in [3.8, 4) is 0 Å². The van der Waals surface area contributed by atoms with E-state index in [1.807, 2.05) is 0 Å². The van der Waals surface area contributed by atoms with Crippen LogP contribution in [0.25, 0.3) is 0 Å². The van der Waals surface area contributed by atoms with Crippen LogP contribution in [0.3, 0.4) is 0 Å². The van der Waals surface area contributed by atoms with E-state index in [0.717, 1.165) is 32.1 Å². The molecule has 0 spiro atoms. The molecule has 4 aliphatic carbocycles. The van der Waals surface area contributed by atoms with Gasteiger partial charge in [0, 0.05) is 13.3 Å². The number of ether oxygens (including phenoxy) is 2. The molecule has 4 fully saturated rings. The summed E-state index contributed by atoms with van der Waals surface area (Å²) >= 11 is 0. The molecule has 0 saturated heterocycles. The molecule has 4 aliphatic rings. The maximum atomic E-state index is 11.7. The number of fused-ring (bicyclic) bond motifs is 5. The van der Waals surface area contributed by atoms with Crippen LogP contribution in [0, 0.1) is 46.3 Å². The van der Waals surface area contributed by atoms with Crippen molar-refractivity contribution < 1.29 is 24.2 Å². The molecule has 0 aromatic heterocycles. The minimum atomic E-state index is -0.257. The van der Waals surface area contributed by atoms with Crippen LogP contribution in [-0.4, -0.2) is 36.4 Å². The summed E-state index contributed by atoms with van der Waals surface area (Å²) in [7, 11) is 1.47. The van der Waals surface area contributed by atoms with Gasteiger partial charge in [-0.1, -0.05) is 20.8 Å². The standard InChI is InChI=1S/C27H44O5/c1-16(6-11-24(30)31-5)21-9-10-22-20-8-7-18-14-19(32-17(2)28)12-13-26(18,3)25(20)23(29)15-27(21,22)4/h16,18-23,25,29H,6-15H2,1-5H3/t16-,18-,19+,20-,21+,22-,23+,25+,26-,27+/m0/s1. The molecule has 4 saturated carbocycles. The first-order valence-electron chi connectivity index (χ1n) is 13.0. The summed E-state index contributed by atoms with van der Waals surface area (Å²) < 4.78 is 10.5. The Morgan fingerprint density at radius 2 is 1.84 bits per heavy atom. The second kappa shape index (κ2) is 8.92. The molecule has 0 bridgehead atoms. The van der Waals surface area contributed by atoms with E-state index < -0.39 is 0 Å². The molecule has 4 rings (SSSR count). The van der Waals surface area contributed by atoms with E-state index in [9.17, 15) is 14.7 Å². The number of carbonyl (C=O) groups is 2. The van der Waals surface area contributed by atoms with Crippen molar-refractivity contribution in [3.05, 3.63) is 0 Å². The highest BCUT2D eigenvalue weighted by atomic mass is 16.5. The van der Waals surface area contributed by atoms with Gasteiger partial charge in [0.15, 0.2) is 0 Å². The van der Waals surface area contributed by atoms with E-state index in [0.29, 0.717) is 41.9 Å². The molecule has 0 heterocycles. The minimum absolute atomic E-state index is 0.0552. The number of aliphatic hydroxyl groups is 1. The quantitative estimate of drug-likeness (QED) is 0.590. The van der Waals surface area contributed by atoms with Crippen molar-refractivity contribution >= 4 is 11.9 Å². The molecule has 0 unspecified atom stereocenters. The zero-order valence-electron chi connectivity index (χ0n) is 20.8. The highest BCUT2D eigenvalue weighted by molar-refractivity contribution is 5.69. The second-order valence-corrected chi connectivity index (χ2v) is 12.1. The van der Waals surface area contributed by atoms with Crippen LogP contribution in [0.4, 0.5) is 0 Å². The Morgan fingerprint density at radius 3 is 2.53 bits per heavy atom. The van der Waals surface area contributed by atoms with Gasteiger partial charge in [-0.05, 0) is 104 Å². The molecular weight excluding hydrogens is 404 g/mol. The predicted octanol–water partition coefficient (Wildman–Crippen LogP) is 5.14. The number of methoxy groups -OCH3 is 1.